The lowest BCUT2D eigenvalue weighted by Crippen LogP contribution is -2.50. The maximum atomic E-state index is 12.6. The summed E-state index contributed by atoms with van der Waals surface area (Å²) in [4.78, 5) is 37.5. The summed E-state index contributed by atoms with van der Waals surface area (Å²) in [7, 11) is 1.62. The van der Waals surface area contributed by atoms with Gasteiger partial charge in [-0.25, -0.2) is 4.79 Å². The Hall–Kier alpha value is -3.13. The van der Waals surface area contributed by atoms with E-state index < -0.39 is 12.6 Å². The molecular formula is C22H24N2O6. The van der Waals surface area contributed by atoms with Crippen molar-refractivity contribution in [3.05, 3.63) is 52.4 Å². The van der Waals surface area contributed by atoms with Gasteiger partial charge in [0.05, 0.1) is 7.11 Å². The lowest BCUT2D eigenvalue weighted by molar-refractivity contribution is -0.146. The first-order valence-electron chi connectivity index (χ1n) is 9.91. The molecule has 8 heteroatoms. The molecule has 158 valence electrons. The zero-order valence-electron chi connectivity index (χ0n) is 16.7. The molecule has 1 amide bonds. The van der Waals surface area contributed by atoms with Gasteiger partial charge in [0.2, 0.25) is 5.91 Å². The van der Waals surface area contributed by atoms with E-state index in [2.05, 4.69) is 0 Å². The average molecular weight is 412 g/mol. The highest BCUT2D eigenvalue weighted by Gasteiger charge is 2.37. The smallest absolute Gasteiger partial charge is 0.329 e. The number of rotatable bonds is 6. The monoisotopic (exact) mass is 412 g/mol. The van der Waals surface area contributed by atoms with E-state index in [9.17, 15) is 14.4 Å². The first-order valence-corrected chi connectivity index (χ1v) is 9.91. The van der Waals surface area contributed by atoms with Crippen LogP contribution in [0.25, 0.3) is 11.1 Å². The van der Waals surface area contributed by atoms with E-state index in [-0.39, 0.29) is 29.9 Å². The Morgan fingerprint density at radius 3 is 2.53 bits per heavy atom. The summed E-state index contributed by atoms with van der Waals surface area (Å²) in [6.07, 6.45) is 0.909. The number of carbonyl (C=O) groups excluding carboxylic acids is 1. The molecule has 2 bridgehead atoms. The lowest BCUT2D eigenvalue weighted by Gasteiger charge is -2.43. The quantitative estimate of drug-likeness (QED) is 0.774. The topological polar surface area (TPSA) is 98.1 Å². The van der Waals surface area contributed by atoms with E-state index in [1.54, 1.807) is 18.1 Å². The number of benzene rings is 1. The Labute approximate surface area is 173 Å². The third-order valence-electron chi connectivity index (χ3n) is 5.79. The van der Waals surface area contributed by atoms with Crippen molar-refractivity contribution in [2.45, 2.75) is 18.9 Å². The van der Waals surface area contributed by atoms with E-state index >= 15 is 0 Å². The van der Waals surface area contributed by atoms with Gasteiger partial charge in [0, 0.05) is 42.9 Å². The van der Waals surface area contributed by atoms with Crippen LogP contribution in [0.1, 0.15) is 18.0 Å². The second kappa shape index (κ2) is 8.31. The Kier molecular flexibility index (Phi) is 5.59. The van der Waals surface area contributed by atoms with Crippen LogP contribution in [0, 0.1) is 5.92 Å². The second-order valence-corrected chi connectivity index (χ2v) is 7.79. The second-order valence-electron chi connectivity index (χ2n) is 7.79. The number of methoxy groups -OCH3 is 1. The number of fused-ring (bicyclic) bond motifs is 4. The number of aliphatic carboxylic acids is 1. The molecule has 0 unspecified atom stereocenters. The summed E-state index contributed by atoms with van der Waals surface area (Å²) < 4.78 is 12.1. The maximum Gasteiger partial charge on any atom is 0.329 e. The molecule has 4 rings (SSSR count). The standard InChI is InChI=1S/C22H24N2O6/c1-29-17-4-2-15(3-5-17)18-6-7-19(25)24-10-14-8-16(22(18)24)11-23(9-14)20(26)12-30-13-21(27)28/h2-7,14,16H,8-13H2,1H3,(H,27,28)/t14-,16-/m0/s1. The van der Waals surface area contributed by atoms with Crippen LogP contribution in [-0.4, -0.2) is 59.9 Å². The normalized spacial score (nSPS) is 19.8. The lowest BCUT2D eigenvalue weighted by atomic mass is 9.80. The number of piperidine rings is 1. The van der Waals surface area contributed by atoms with Crippen LogP contribution in [0.4, 0.5) is 0 Å². The summed E-state index contributed by atoms with van der Waals surface area (Å²) in [6.45, 7) is 0.849. The summed E-state index contributed by atoms with van der Waals surface area (Å²) in [5, 5.41) is 8.68. The van der Waals surface area contributed by atoms with E-state index in [1.807, 2.05) is 34.9 Å². The molecule has 1 aromatic heterocycles. The number of carboxylic acid groups (broad SMARTS) is 1. The first kappa shape index (κ1) is 20.2. The molecule has 1 aromatic carbocycles. The van der Waals surface area contributed by atoms with Crippen molar-refractivity contribution >= 4 is 11.9 Å². The highest BCUT2D eigenvalue weighted by atomic mass is 16.5. The SMILES string of the molecule is COc1ccc(-c2ccc(=O)n3c2[C@H]2C[C@@H](CN(C(=O)COCC(=O)O)C2)C3)cc1. The van der Waals surface area contributed by atoms with E-state index in [0.717, 1.165) is 29.0 Å². The summed E-state index contributed by atoms with van der Waals surface area (Å²) >= 11 is 0. The third-order valence-corrected chi connectivity index (χ3v) is 5.79. The van der Waals surface area contributed by atoms with Crippen molar-refractivity contribution in [1.29, 1.82) is 0 Å². The highest BCUT2D eigenvalue weighted by Crippen LogP contribution is 2.40. The van der Waals surface area contributed by atoms with Crippen LogP contribution in [-0.2, 0) is 20.9 Å². The van der Waals surface area contributed by atoms with Gasteiger partial charge in [-0.2, -0.15) is 0 Å². The number of carbonyl (C=O) groups is 2. The number of nitrogens with zero attached hydrogens (tertiary/aromatic N) is 2. The zero-order valence-corrected chi connectivity index (χ0v) is 16.7. The molecule has 3 heterocycles. The number of pyridine rings is 1. The van der Waals surface area contributed by atoms with Gasteiger partial charge in [0.15, 0.2) is 0 Å². The van der Waals surface area contributed by atoms with Crippen molar-refractivity contribution in [3.63, 3.8) is 0 Å². The fourth-order valence-corrected chi connectivity index (χ4v) is 4.55. The fraction of sp³-hybridized carbons (Fsp3) is 0.409. The molecule has 1 N–H and O–H groups in total. The van der Waals surface area contributed by atoms with Crippen LogP contribution in [0.2, 0.25) is 0 Å². The number of amides is 1. The molecule has 8 nitrogen and oxygen atoms in total. The zero-order chi connectivity index (χ0) is 21.3. The molecule has 2 aliphatic rings. The Morgan fingerprint density at radius 1 is 1.07 bits per heavy atom. The van der Waals surface area contributed by atoms with Gasteiger partial charge < -0.3 is 24.0 Å². The predicted octanol–water partition coefficient (Wildman–Crippen LogP) is 1.57. The molecule has 2 aliphatic heterocycles. The van der Waals surface area contributed by atoms with Crippen molar-refractivity contribution in [1.82, 2.24) is 9.47 Å². The van der Waals surface area contributed by atoms with Crippen molar-refractivity contribution in [2.75, 3.05) is 33.4 Å². The van der Waals surface area contributed by atoms with Crippen LogP contribution in [0.3, 0.4) is 0 Å². The van der Waals surface area contributed by atoms with Crippen LogP contribution in [0.5, 0.6) is 5.75 Å². The van der Waals surface area contributed by atoms with Gasteiger partial charge in [-0.15, -0.1) is 0 Å². The molecule has 0 spiro atoms. The molecule has 1 saturated heterocycles. The van der Waals surface area contributed by atoms with Crippen LogP contribution < -0.4 is 10.3 Å². The Morgan fingerprint density at radius 2 is 1.83 bits per heavy atom. The number of aromatic nitrogens is 1. The third kappa shape index (κ3) is 3.95. The molecule has 2 aromatic rings. The first-order chi connectivity index (χ1) is 14.5. The average Bonchev–Trinajstić information content (AvgIpc) is 2.74. The molecule has 2 atom stereocenters. The largest absolute Gasteiger partial charge is 0.497 e. The van der Waals surface area contributed by atoms with E-state index in [1.165, 1.54) is 0 Å². The summed E-state index contributed by atoms with van der Waals surface area (Å²) in [5.41, 5.74) is 2.90. The number of hydrogen-bond acceptors (Lipinski definition) is 5. The molecule has 0 radical (unpaired) electrons. The number of carboxylic acids is 1. The van der Waals surface area contributed by atoms with Crippen molar-refractivity contribution in [2.24, 2.45) is 5.92 Å². The molecule has 1 fully saturated rings. The minimum atomic E-state index is -1.10. The van der Waals surface area contributed by atoms with Gasteiger partial charge in [-0.3, -0.25) is 9.59 Å². The number of likely N-dealkylation sites (tertiary alicyclic amines) is 1. The minimum absolute atomic E-state index is 0.0264. The van der Waals surface area contributed by atoms with Crippen LogP contribution >= 0.6 is 0 Å². The minimum Gasteiger partial charge on any atom is -0.497 e. The molecular weight excluding hydrogens is 388 g/mol. The van der Waals surface area contributed by atoms with Crippen molar-refractivity contribution < 1.29 is 24.2 Å². The van der Waals surface area contributed by atoms with E-state index in [0.29, 0.717) is 19.6 Å². The maximum absolute atomic E-state index is 12.6. The van der Waals surface area contributed by atoms with Gasteiger partial charge in [-0.05, 0) is 36.1 Å². The highest BCUT2D eigenvalue weighted by molar-refractivity contribution is 5.78. The molecule has 0 saturated carbocycles. The summed E-state index contributed by atoms with van der Waals surface area (Å²) in [5.74, 6) is -0.341. The Bertz CT molecular complexity index is 1010. The molecule has 30 heavy (non-hydrogen) atoms. The van der Waals surface area contributed by atoms with Gasteiger partial charge >= 0.3 is 5.97 Å². The van der Waals surface area contributed by atoms with Gasteiger partial charge in [-0.1, -0.05) is 12.1 Å². The van der Waals surface area contributed by atoms with Gasteiger partial charge in [0.1, 0.15) is 19.0 Å². The predicted molar refractivity (Wildman–Crippen MR) is 109 cm³/mol. The fourth-order valence-electron chi connectivity index (χ4n) is 4.55. The Balaban J connectivity index is 1.62. The molecule has 0 aliphatic carbocycles. The summed E-state index contributed by atoms with van der Waals surface area (Å²) in [6, 6.07) is 11.2. The van der Waals surface area contributed by atoms with Crippen LogP contribution in [0.15, 0.2) is 41.2 Å². The van der Waals surface area contributed by atoms with Gasteiger partial charge in [0.25, 0.3) is 5.56 Å². The van der Waals surface area contributed by atoms with E-state index in [4.69, 9.17) is 14.6 Å². The number of ether oxygens (including phenoxy) is 2. The number of hydrogen-bond donors (Lipinski definition) is 1. The van der Waals surface area contributed by atoms with Crippen molar-refractivity contribution in [3.8, 4) is 16.9 Å².